The largest absolute Gasteiger partial charge is 0.367 e. The summed E-state index contributed by atoms with van der Waals surface area (Å²) in [5, 5.41) is 0. The predicted molar refractivity (Wildman–Crippen MR) is 78.0 cm³/mol. The number of aromatic amines is 1. The maximum Gasteiger partial charge on any atom is 0.123 e. The van der Waals surface area contributed by atoms with Crippen LogP contribution in [0, 0.1) is 12.7 Å². The molecule has 100 valence electrons. The molecule has 0 atom stereocenters. The topological polar surface area (TPSA) is 28.7 Å². The Labute approximate surface area is 120 Å². The van der Waals surface area contributed by atoms with Crippen LogP contribution < -0.4 is 0 Å². The molecule has 2 aromatic heterocycles. The number of rotatable bonds is 3. The molecule has 0 unspecified atom stereocenters. The van der Waals surface area contributed by atoms with Gasteiger partial charge in [-0.05, 0) is 42.3 Å². The summed E-state index contributed by atoms with van der Waals surface area (Å²) in [5.41, 5.74) is 2.92. The Balaban J connectivity index is 2.11. The molecular weight excluding hydrogens is 251 g/mol. The predicted octanol–water partition coefficient (Wildman–Crippen LogP) is 4.12. The van der Waals surface area contributed by atoms with Gasteiger partial charge in [0.25, 0.3) is 0 Å². The van der Waals surface area contributed by atoms with E-state index in [-0.39, 0.29) is 5.82 Å². The summed E-state index contributed by atoms with van der Waals surface area (Å²) < 4.78 is 30.1. The molecule has 0 fully saturated rings. The molecule has 0 aliphatic rings. The van der Waals surface area contributed by atoms with Gasteiger partial charge in [-0.15, -0.1) is 0 Å². The van der Waals surface area contributed by atoms with Crippen LogP contribution in [0.2, 0.25) is 0 Å². The molecule has 20 heavy (non-hydrogen) atoms. The Morgan fingerprint density at radius 1 is 1.25 bits per heavy atom. The van der Waals surface area contributed by atoms with E-state index in [1.54, 1.807) is 36.7 Å². The number of aromatic nitrogens is 2. The van der Waals surface area contributed by atoms with Crippen molar-refractivity contribution in [2.45, 2.75) is 13.3 Å². The van der Waals surface area contributed by atoms with Crippen LogP contribution in [0.5, 0.6) is 0 Å². The normalized spacial score (nSPS) is 12.9. The van der Waals surface area contributed by atoms with Crippen molar-refractivity contribution >= 4 is 0 Å². The van der Waals surface area contributed by atoms with Crippen molar-refractivity contribution in [3.8, 4) is 11.3 Å². The van der Waals surface area contributed by atoms with E-state index < -0.39 is 6.37 Å². The fraction of sp³-hybridized carbons (Fsp3) is 0.118. The van der Waals surface area contributed by atoms with Crippen LogP contribution >= 0.6 is 0 Å². The SMILES string of the molecule is [2H]C([2H])(c1cc[nH]c1)c1ccc(C)c(-c2cccc(F)c2)n1. The van der Waals surface area contributed by atoms with E-state index in [1.807, 2.05) is 13.0 Å². The molecule has 0 radical (unpaired) electrons. The molecule has 0 aliphatic heterocycles. The van der Waals surface area contributed by atoms with Crippen LogP contribution in [0.3, 0.4) is 0 Å². The van der Waals surface area contributed by atoms with E-state index in [9.17, 15) is 4.39 Å². The van der Waals surface area contributed by atoms with E-state index in [2.05, 4.69) is 9.97 Å². The zero-order chi connectivity index (χ0) is 15.7. The summed E-state index contributed by atoms with van der Waals surface area (Å²) in [4.78, 5) is 7.31. The zero-order valence-electron chi connectivity index (χ0n) is 13.0. The standard InChI is InChI=1S/C17H15FN2/c1-12-5-6-16(9-13-7-8-19-11-13)20-17(12)14-3-2-4-15(18)10-14/h2-8,10-11,19H,9H2,1H3/i9D2. The number of aryl methyl sites for hydroxylation is 1. The summed E-state index contributed by atoms with van der Waals surface area (Å²) >= 11 is 0. The minimum Gasteiger partial charge on any atom is -0.367 e. The van der Waals surface area contributed by atoms with E-state index in [0.29, 0.717) is 22.5 Å². The number of H-pyrrole nitrogens is 1. The molecule has 0 aliphatic carbocycles. The molecule has 3 rings (SSSR count). The molecule has 2 heterocycles. The lowest BCUT2D eigenvalue weighted by atomic mass is 10.0. The molecule has 3 aromatic rings. The maximum atomic E-state index is 13.4. The fourth-order valence-corrected chi connectivity index (χ4v) is 2.08. The molecular formula is C17H15FN2. The minimum absolute atomic E-state index is 0.303. The lowest BCUT2D eigenvalue weighted by Gasteiger charge is -2.08. The average molecular weight is 268 g/mol. The van der Waals surface area contributed by atoms with Crippen molar-refractivity contribution in [1.82, 2.24) is 9.97 Å². The average Bonchev–Trinajstić information content (AvgIpc) is 3.02. The second-order valence-corrected chi connectivity index (χ2v) is 4.60. The van der Waals surface area contributed by atoms with Gasteiger partial charge < -0.3 is 4.98 Å². The Morgan fingerprint density at radius 3 is 2.90 bits per heavy atom. The van der Waals surface area contributed by atoms with Gasteiger partial charge in [0.15, 0.2) is 0 Å². The molecule has 1 N–H and O–H groups in total. The first-order chi connectivity index (χ1) is 10.5. The fourth-order valence-electron chi connectivity index (χ4n) is 2.08. The van der Waals surface area contributed by atoms with Crippen LogP contribution in [0.4, 0.5) is 4.39 Å². The van der Waals surface area contributed by atoms with E-state index in [4.69, 9.17) is 2.74 Å². The maximum absolute atomic E-state index is 13.4. The molecule has 1 aromatic carbocycles. The van der Waals surface area contributed by atoms with Crippen LogP contribution in [0.25, 0.3) is 11.3 Å². The van der Waals surface area contributed by atoms with Crippen molar-refractivity contribution in [2.24, 2.45) is 0 Å². The van der Waals surface area contributed by atoms with Gasteiger partial charge in [-0.3, -0.25) is 4.98 Å². The second kappa shape index (κ2) is 5.29. The van der Waals surface area contributed by atoms with Gasteiger partial charge in [-0.2, -0.15) is 0 Å². The van der Waals surface area contributed by atoms with Crippen molar-refractivity contribution < 1.29 is 7.13 Å². The number of halogens is 1. The monoisotopic (exact) mass is 268 g/mol. The van der Waals surface area contributed by atoms with E-state index in [1.165, 1.54) is 12.1 Å². The molecule has 0 spiro atoms. The Bertz CT molecular complexity index is 798. The summed E-state index contributed by atoms with van der Waals surface area (Å²) in [6, 6.07) is 11.3. The summed E-state index contributed by atoms with van der Waals surface area (Å²) in [5.74, 6) is -0.335. The number of benzene rings is 1. The van der Waals surface area contributed by atoms with Gasteiger partial charge in [-0.1, -0.05) is 18.2 Å². The van der Waals surface area contributed by atoms with Gasteiger partial charge in [0, 0.05) is 32.8 Å². The number of hydrogen-bond acceptors (Lipinski definition) is 1. The molecule has 2 nitrogen and oxygen atoms in total. The molecule has 3 heteroatoms. The Hall–Kier alpha value is -2.42. The van der Waals surface area contributed by atoms with Crippen LogP contribution in [0.15, 0.2) is 54.9 Å². The first-order valence-corrected chi connectivity index (χ1v) is 6.36. The number of pyridine rings is 1. The van der Waals surface area contributed by atoms with Crippen molar-refractivity contribution in [1.29, 1.82) is 0 Å². The van der Waals surface area contributed by atoms with Crippen LogP contribution in [-0.2, 0) is 6.37 Å². The van der Waals surface area contributed by atoms with E-state index in [0.717, 1.165) is 5.56 Å². The minimum atomic E-state index is -1.71. The van der Waals surface area contributed by atoms with Gasteiger partial charge in [-0.25, -0.2) is 4.39 Å². The van der Waals surface area contributed by atoms with E-state index >= 15 is 0 Å². The van der Waals surface area contributed by atoms with Crippen molar-refractivity contribution in [2.75, 3.05) is 0 Å². The summed E-state index contributed by atoms with van der Waals surface area (Å²) in [7, 11) is 0. The number of nitrogens with one attached hydrogen (secondary N) is 1. The lowest BCUT2D eigenvalue weighted by molar-refractivity contribution is 0.628. The third-order valence-corrected chi connectivity index (χ3v) is 3.07. The summed E-state index contributed by atoms with van der Waals surface area (Å²) in [6.45, 7) is 1.88. The molecule has 0 saturated carbocycles. The third kappa shape index (κ3) is 2.62. The highest BCUT2D eigenvalue weighted by atomic mass is 19.1. The van der Waals surface area contributed by atoms with Crippen molar-refractivity contribution in [3.05, 3.63) is 77.5 Å². The first kappa shape index (κ1) is 10.4. The number of nitrogens with zero attached hydrogens (tertiary/aromatic N) is 1. The number of hydrogen-bond donors (Lipinski definition) is 1. The third-order valence-electron chi connectivity index (χ3n) is 3.07. The van der Waals surface area contributed by atoms with Crippen LogP contribution in [-0.4, -0.2) is 9.97 Å². The second-order valence-electron chi connectivity index (χ2n) is 4.60. The quantitative estimate of drug-likeness (QED) is 0.760. The lowest BCUT2D eigenvalue weighted by Crippen LogP contribution is -1.96. The Kier molecular flexibility index (Phi) is 2.75. The molecule has 0 bridgehead atoms. The van der Waals surface area contributed by atoms with Crippen LogP contribution in [0.1, 0.15) is 19.6 Å². The summed E-state index contributed by atoms with van der Waals surface area (Å²) in [6.07, 6.45) is 1.58. The van der Waals surface area contributed by atoms with Crippen molar-refractivity contribution in [3.63, 3.8) is 0 Å². The molecule has 0 amide bonds. The van der Waals surface area contributed by atoms with Gasteiger partial charge in [0.1, 0.15) is 5.82 Å². The van der Waals surface area contributed by atoms with Gasteiger partial charge in [0.2, 0.25) is 0 Å². The molecule has 0 saturated heterocycles. The Morgan fingerprint density at radius 2 is 2.15 bits per heavy atom. The zero-order valence-corrected chi connectivity index (χ0v) is 11.0. The highest BCUT2D eigenvalue weighted by Crippen LogP contribution is 2.23. The highest BCUT2D eigenvalue weighted by molar-refractivity contribution is 5.63. The highest BCUT2D eigenvalue weighted by Gasteiger charge is 2.07. The smallest absolute Gasteiger partial charge is 0.123 e. The van der Waals surface area contributed by atoms with Gasteiger partial charge in [0.05, 0.1) is 5.69 Å². The van der Waals surface area contributed by atoms with Gasteiger partial charge >= 0.3 is 0 Å². The first-order valence-electron chi connectivity index (χ1n) is 7.36.